The van der Waals surface area contributed by atoms with E-state index < -0.39 is 40.3 Å². The highest BCUT2D eigenvalue weighted by molar-refractivity contribution is 9.10. The molecule has 1 atom stereocenters. The van der Waals surface area contributed by atoms with E-state index in [1.54, 1.807) is 24.3 Å². The Morgan fingerprint density at radius 3 is 2.10 bits per heavy atom. The third-order valence-electron chi connectivity index (χ3n) is 8.29. The highest BCUT2D eigenvalue weighted by atomic mass is 79.9. The van der Waals surface area contributed by atoms with E-state index in [2.05, 4.69) is 21.2 Å². The average molecular weight is 743 g/mol. The molecule has 1 aliphatic rings. The van der Waals surface area contributed by atoms with Gasteiger partial charge in [-0.3, -0.25) is 13.9 Å². The fraction of sp³-hybridized carbons (Fsp3) is 0.278. The van der Waals surface area contributed by atoms with Crippen molar-refractivity contribution < 1.29 is 31.2 Å². The number of benzene rings is 4. The lowest BCUT2D eigenvalue weighted by Gasteiger charge is -2.34. The molecule has 1 saturated carbocycles. The summed E-state index contributed by atoms with van der Waals surface area (Å²) in [5, 5.41) is 3.10. The Morgan fingerprint density at radius 2 is 1.46 bits per heavy atom. The number of sulfonamides is 1. The molecule has 0 aliphatic heterocycles. The summed E-state index contributed by atoms with van der Waals surface area (Å²) in [6.45, 7) is -0.912. The van der Waals surface area contributed by atoms with E-state index in [9.17, 15) is 31.2 Å². The number of carbonyl (C=O) groups excluding carboxylic acids is 2. The van der Waals surface area contributed by atoms with E-state index in [1.165, 1.54) is 35.2 Å². The minimum atomic E-state index is -4.76. The zero-order valence-corrected chi connectivity index (χ0v) is 28.3. The quantitative estimate of drug-likeness (QED) is 0.165. The molecule has 4 aromatic rings. The summed E-state index contributed by atoms with van der Waals surface area (Å²) >= 11 is 3.45. The first kappa shape index (κ1) is 35.2. The largest absolute Gasteiger partial charge is 0.416 e. The first-order chi connectivity index (χ1) is 22.9. The maximum atomic E-state index is 14.6. The Hall–Kier alpha value is -4.16. The molecule has 0 heterocycles. The average Bonchev–Trinajstić information content (AvgIpc) is 3.58. The van der Waals surface area contributed by atoms with Crippen LogP contribution in [0.15, 0.2) is 119 Å². The zero-order chi connectivity index (χ0) is 34.3. The molecule has 0 unspecified atom stereocenters. The summed E-state index contributed by atoms with van der Waals surface area (Å²) in [5.41, 5.74) is 0.0489. The van der Waals surface area contributed by atoms with E-state index in [0.29, 0.717) is 15.9 Å². The Labute approximate surface area is 286 Å². The molecule has 1 aliphatic carbocycles. The van der Waals surface area contributed by atoms with Gasteiger partial charge in [0.1, 0.15) is 12.6 Å². The molecule has 7 nitrogen and oxygen atoms in total. The second-order valence-corrected chi connectivity index (χ2v) is 14.5. The molecule has 252 valence electrons. The predicted octanol–water partition coefficient (Wildman–Crippen LogP) is 7.36. The Bertz CT molecular complexity index is 1820. The summed E-state index contributed by atoms with van der Waals surface area (Å²) in [5.74, 6) is -1.14. The number of halogens is 4. The molecule has 1 N–H and O–H groups in total. The van der Waals surface area contributed by atoms with Crippen molar-refractivity contribution in [3.63, 3.8) is 0 Å². The van der Waals surface area contributed by atoms with Crippen molar-refractivity contribution in [1.29, 1.82) is 0 Å². The van der Waals surface area contributed by atoms with Gasteiger partial charge in [-0.15, -0.1) is 0 Å². The van der Waals surface area contributed by atoms with Crippen molar-refractivity contribution >= 4 is 43.5 Å². The zero-order valence-electron chi connectivity index (χ0n) is 25.9. The van der Waals surface area contributed by atoms with Gasteiger partial charge in [-0.1, -0.05) is 95.5 Å². The summed E-state index contributed by atoms with van der Waals surface area (Å²) in [7, 11) is -4.54. The normalized spacial score (nSPS) is 14.3. The fourth-order valence-electron chi connectivity index (χ4n) is 5.84. The van der Waals surface area contributed by atoms with Gasteiger partial charge in [0.05, 0.1) is 16.1 Å². The van der Waals surface area contributed by atoms with Crippen molar-refractivity contribution in [3.05, 3.63) is 130 Å². The number of hydrogen-bond donors (Lipinski definition) is 1. The molecule has 0 saturated heterocycles. The molecular weight excluding hydrogens is 707 g/mol. The van der Waals surface area contributed by atoms with E-state index in [1.807, 2.05) is 36.4 Å². The van der Waals surface area contributed by atoms with Crippen molar-refractivity contribution in [1.82, 2.24) is 10.2 Å². The first-order valence-corrected chi connectivity index (χ1v) is 17.8. The van der Waals surface area contributed by atoms with Crippen molar-refractivity contribution in [2.75, 3.05) is 10.8 Å². The van der Waals surface area contributed by atoms with Crippen LogP contribution in [-0.2, 0) is 38.8 Å². The molecule has 5 rings (SSSR count). The summed E-state index contributed by atoms with van der Waals surface area (Å²) in [4.78, 5) is 29.8. The predicted molar refractivity (Wildman–Crippen MR) is 181 cm³/mol. The fourth-order valence-corrected chi connectivity index (χ4v) is 7.71. The highest BCUT2D eigenvalue weighted by Gasteiger charge is 2.37. The van der Waals surface area contributed by atoms with Gasteiger partial charge in [-0.25, -0.2) is 8.42 Å². The van der Waals surface area contributed by atoms with E-state index >= 15 is 0 Å². The molecule has 0 bridgehead atoms. The van der Waals surface area contributed by atoms with Gasteiger partial charge >= 0.3 is 6.18 Å². The number of anilines is 1. The number of amides is 2. The molecule has 2 amide bonds. The van der Waals surface area contributed by atoms with Crippen molar-refractivity contribution in [3.8, 4) is 0 Å². The Balaban J connectivity index is 1.59. The van der Waals surface area contributed by atoms with Gasteiger partial charge < -0.3 is 10.2 Å². The van der Waals surface area contributed by atoms with Crippen LogP contribution in [0.4, 0.5) is 18.9 Å². The first-order valence-electron chi connectivity index (χ1n) is 15.5. The second kappa shape index (κ2) is 15.4. The van der Waals surface area contributed by atoms with E-state index in [4.69, 9.17) is 0 Å². The van der Waals surface area contributed by atoms with Crippen LogP contribution >= 0.6 is 15.9 Å². The Kier molecular flexibility index (Phi) is 11.3. The van der Waals surface area contributed by atoms with Gasteiger partial charge in [0.15, 0.2) is 0 Å². The topological polar surface area (TPSA) is 86.8 Å². The number of carbonyl (C=O) groups is 2. The number of rotatable bonds is 12. The van der Waals surface area contributed by atoms with Crippen LogP contribution in [0.1, 0.15) is 42.4 Å². The molecule has 4 aromatic carbocycles. The van der Waals surface area contributed by atoms with Crippen LogP contribution in [0, 0.1) is 0 Å². The lowest BCUT2D eigenvalue weighted by atomic mass is 10.0. The number of nitrogens with one attached hydrogen (secondary N) is 1. The minimum Gasteiger partial charge on any atom is -0.352 e. The van der Waals surface area contributed by atoms with Gasteiger partial charge in [0.2, 0.25) is 11.8 Å². The van der Waals surface area contributed by atoms with Gasteiger partial charge in [0, 0.05) is 23.5 Å². The third kappa shape index (κ3) is 8.84. The SMILES string of the molecule is O=C(NC1CCCC1)[C@H](Cc1ccccc1)N(Cc1cccc(Br)c1)C(=O)CN(c1cccc(C(F)(F)F)c1)S(=O)(=O)c1ccccc1. The maximum absolute atomic E-state index is 14.6. The number of alkyl halides is 3. The van der Waals surface area contributed by atoms with Crippen LogP contribution in [0.2, 0.25) is 0 Å². The van der Waals surface area contributed by atoms with Crippen LogP contribution in [0.5, 0.6) is 0 Å². The summed E-state index contributed by atoms with van der Waals surface area (Å²) in [6.07, 6.45) is -1.07. The lowest BCUT2D eigenvalue weighted by molar-refractivity contribution is -0.140. The third-order valence-corrected chi connectivity index (χ3v) is 10.6. The van der Waals surface area contributed by atoms with Crippen LogP contribution in [-0.4, -0.2) is 43.8 Å². The van der Waals surface area contributed by atoms with Crippen LogP contribution in [0.25, 0.3) is 0 Å². The molecule has 0 spiro atoms. The van der Waals surface area contributed by atoms with Crippen LogP contribution in [0.3, 0.4) is 0 Å². The highest BCUT2D eigenvalue weighted by Crippen LogP contribution is 2.33. The molecule has 48 heavy (non-hydrogen) atoms. The van der Waals surface area contributed by atoms with Gasteiger partial charge in [0.25, 0.3) is 10.0 Å². The standard InChI is InChI=1S/C36H35BrF3N3O4S/c37-29-15-9-13-27(21-29)24-42(33(22-26-11-3-1-4-12-26)35(45)41-30-16-7-8-17-30)34(44)25-43(48(46,47)32-19-5-2-6-20-32)31-18-10-14-28(23-31)36(38,39)40/h1-6,9-15,18-21,23,30,33H,7-8,16-17,22,24-25H2,(H,41,45)/t33-/m0/s1. The molecule has 12 heteroatoms. The van der Waals surface area contributed by atoms with Crippen molar-refractivity contribution in [2.45, 2.75) is 61.8 Å². The number of hydrogen-bond acceptors (Lipinski definition) is 4. The molecule has 0 aromatic heterocycles. The van der Waals surface area contributed by atoms with Gasteiger partial charge in [-0.05, 0) is 66.4 Å². The maximum Gasteiger partial charge on any atom is 0.416 e. The smallest absolute Gasteiger partial charge is 0.352 e. The molecule has 0 radical (unpaired) electrons. The monoisotopic (exact) mass is 741 g/mol. The van der Waals surface area contributed by atoms with Crippen LogP contribution < -0.4 is 9.62 Å². The van der Waals surface area contributed by atoms with E-state index in [-0.39, 0.29) is 35.5 Å². The van der Waals surface area contributed by atoms with E-state index in [0.717, 1.165) is 47.9 Å². The van der Waals surface area contributed by atoms with Crippen molar-refractivity contribution in [2.24, 2.45) is 0 Å². The van der Waals surface area contributed by atoms with Gasteiger partial charge in [-0.2, -0.15) is 13.2 Å². The second-order valence-electron chi connectivity index (χ2n) is 11.7. The number of nitrogens with zero attached hydrogens (tertiary/aromatic N) is 2. The Morgan fingerprint density at radius 1 is 0.833 bits per heavy atom. The summed E-state index contributed by atoms with van der Waals surface area (Å²) < 4.78 is 70.9. The molecular formula is C36H35BrF3N3O4S. The minimum absolute atomic E-state index is 0.0568. The molecule has 1 fully saturated rings. The summed E-state index contributed by atoms with van der Waals surface area (Å²) in [6, 6.07) is 26.3. The lowest BCUT2D eigenvalue weighted by Crippen LogP contribution is -2.54.